The summed E-state index contributed by atoms with van der Waals surface area (Å²) in [6.07, 6.45) is 2.38. The van der Waals surface area contributed by atoms with E-state index in [2.05, 4.69) is 9.97 Å². The normalized spacial score (nSPS) is 11.6. The number of halogens is 2. The SMILES string of the molecule is Cc1[nH]cc2c(-c3cc(S(C)(=O)=O)ccc3Oc3ccc(F)cc3F)c(C(=O)O)[nH]c(=O)c12. The number of hydrogen-bond donors (Lipinski definition) is 3. The fourth-order valence-electron chi connectivity index (χ4n) is 3.53. The Morgan fingerprint density at radius 2 is 1.79 bits per heavy atom. The van der Waals surface area contributed by atoms with E-state index in [4.69, 9.17) is 4.74 Å². The second kappa shape index (κ2) is 7.85. The molecule has 0 spiro atoms. The van der Waals surface area contributed by atoms with E-state index in [1.165, 1.54) is 24.4 Å². The van der Waals surface area contributed by atoms with Gasteiger partial charge in [0.2, 0.25) is 0 Å². The maximum Gasteiger partial charge on any atom is 0.353 e. The first-order chi connectivity index (χ1) is 15.5. The van der Waals surface area contributed by atoms with Gasteiger partial charge in [-0.25, -0.2) is 22.0 Å². The molecule has 0 saturated heterocycles. The summed E-state index contributed by atoms with van der Waals surface area (Å²) < 4.78 is 57.6. The number of pyridine rings is 1. The molecule has 0 bridgehead atoms. The molecule has 0 fully saturated rings. The Bertz CT molecular complexity index is 1610. The van der Waals surface area contributed by atoms with Crippen LogP contribution in [0.1, 0.15) is 16.2 Å². The second-order valence-electron chi connectivity index (χ2n) is 7.32. The third-order valence-electron chi connectivity index (χ3n) is 5.04. The van der Waals surface area contributed by atoms with Gasteiger partial charge in [-0.3, -0.25) is 4.79 Å². The number of ether oxygens (including phenoxy) is 1. The average Bonchev–Trinajstić information content (AvgIpc) is 3.11. The topological polar surface area (TPSA) is 129 Å². The molecule has 0 unspecified atom stereocenters. The molecule has 0 atom stereocenters. The van der Waals surface area contributed by atoms with Crippen molar-refractivity contribution in [1.82, 2.24) is 9.97 Å². The van der Waals surface area contributed by atoms with Crippen LogP contribution in [0.25, 0.3) is 21.9 Å². The quantitative estimate of drug-likeness (QED) is 0.401. The molecule has 2 heterocycles. The van der Waals surface area contributed by atoms with Crippen molar-refractivity contribution >= 4 is 26.6 Å². The Kier molecular flexibility index (Phi) is 5.29. The molecular formula is C22H16F2N2O6S. The first kappa shape index (κ1) is 22.2. The highest BCUT2D eigenvalue weighted by atomic mass is 32.2. The molecule has 0 aliphatic heterocycles. The lowest BCUT2D eigenvalue weighted by atomic mass is 9.98. The molecule has 2 aromatic heterocycles. The average molecular weight is 474 g/mol. The maximum atomic E-state index is 14.2. The molecule has 3 N–H and O–H groups in total. The summed E-state index contributed by atoms with van der Waals surface area (Å²) in [4.78, 5) is 29.5. The van der Waals surface area contributed by atoms with Crippen molar-refractivity contribution in [3.8, 4) is 22.6 Å². The number of aromatic nitrogens is 2. The number of benzene rings is 2. The molecule has 0 aliphatic carbocycles. The van der Waals surface area contributed by atoms with Crippen molar-refractivity contribution in [3.05, 3.63) is 76.0 Å². The molecule has 8 nitrogen and oxygen atoms in total. The lowest BCUT2D eigenvalue weighted by Gasteiger charge is -2.16. The van der Waals surface area contributed by atoms with E-state index >= 15 is 0 Å². The van der Waals surface area contributed by atoms with E-state index in [-0.39, 0.29) is 38.3 Å². The molecule has 11 heteroatoms. The van der Waals surface area contributed by atoms with Crippen molar-refractivity contribution < 1.29 is 31.8 Å². The van der Waals surface area contributed by atoms with Gasteiger partial charge < -0.3 is 19.8 Å². The zero-order valence-corrected chi connectivity index (χ0v) is 18.0. The van der Waals surface area contributed by atoms with Crippen molar-refractivity contribution in [1.29, 1.82) is 0 Å². The van der Waals surface area contributed by atoms with Crippen LogP contribution < -0.4 is 10.3 Å². The van der Waals surface area contributed by atoms with Crippen LogP contribution in [0.2, 0.25) is 0 Å². The minimum Gasteiger partial charge on any atom is -0.477 e. The van der Waals surface area contributed by atoms with Gasteiger partial charge in [0.15, 0.2) is 21.4 Å². The molecule has 0 radical (unpaired) electrons. The largest absolute Gasteiger partial charge is 0.477 e. The van der Waals surface area contributed by atoms with Gasteiger partial charge in [-0.2, -0.15) is 0 Å². The van der Waals surface area contributed by atoms with Crippen molar-refractivity contribution in [3.63, 3.8) is 0 Å². The van der Waals surface area contributed by atoms with E-state index in [9.17, 15) is 31.9 Å². The number of aromatic amines is 2. The van der Waals surface area contributed by atoms with Gasteiger partial charge in [-0.15, -0.1) is 0 Å². The summed E-state index contributed by atoms with van der Waals surface area (Å²) in [6, 6.07) is 6.24. The van der Waals surface area contributed by atoms with E-state index < -0.39 is 38.7 Å². The molecule has 0 aliphatic rings. The molecule has 0 amide bonds. The van der Waals surface area contributed by atoms with E-state index in [0.29, 0.717) is 11.8 Å². The van der Waals surface area contributed by atoms with Gasteiger partial charge >= 0.3 is 5.97 Å². The van der Waals surface area contributed by atoms with Crippen LogP contribution in [0, 0.1) is 18.6 Å². The summed E-state index contributed by atoms with van der Waals surface area (Å²) in [5.74, 6) is -3.80. The highest BCUT2D eigenvalue weighted by molar-refractivity contribution is 7.90. The fraction of sp³-hybridized carbons (Fsp3) is 0.0909. The highest BCUT2D eigenvalue weighted by Gasteiger charge is 2.25. The highest BCUT2D eigenvalue weighted by Crippen LogP contribution is 2.40. The predicted octanol–water partition coefficient (Wildman–Crippen LogP) is 4.00. The number of carboxylic acid groups (broad SMARTS) is 1. The number of nitrogens with one attached hydrogen (secondary N) is 2. The second-order valence-corrected chi connectivity index (χ2v) is 9.33. The summed E-state index contributed by atoms with van der Waals surface area (Å²) in [7, 11) is -3.73. The Morgan fingerprint density at radius 3 is 2.42 bits per heavy atom. The summed E-state index contributed by atoms with van der Waals surface area (Å²) in [5.41, 5.74) is -0.780. The van der Waals surface area contributed by atoms with Gasteiger partial charge in [0.25, 0.3) is 5.56 Å². The summed E-state index contributed by atoms with van der Waals surface area (Å²) >= 11 is 0. The number of aromatic carboxylic acids is 1. The number of fused-ring (bicyclic) bond motifs is 1. The van der Waals surface area contributed by atoms with Crippen molar-refractivity contribution in [2.75, 3.05) is 6.26 Å². The Morgan fingerprint density at radius 1 is 1.09 bits per heavy atom. The first-order valence-electron chi connectivity index (χ1n) is 9.42. The van der Waals surface area contributed by atoms with Crippen molar-refractivity contribution in [2.24, 2.45) is 0 Å². The van der Waals surface area contributed by atoms with Gasteiger partial charge in [-0.05, 0) is 37.3 Å². The molecule has 33 heavy (non-hydrogen) atoms. The van der Waals surface area contributed by atoms with Crippen LogP contribution in [-0.4, -0.2) is 35.7 Å². The monoisotopic (exact) mass is 474 g/mol. The van der Waals surface area contributed by atoms with Gasteiger partial charge in [0, 0.05) is 40.7 Å². The summed E-state index contributed by atoms with van der Waals surface area (Å²) in [6.45, 7) is 1.61. The number of H-pyrrole nitrogens is 2. The van der Waals surface area contributed by atoms with Crippen LogP contribution in [0.3, 0.4) is 0 Å². The number of sulfone groups is 1. The molecule has 2 aromatic carbocycles. The van der Waals surface area contributed by atoms with Gasteiger partial charge in [0.1, 0.15) is 17.3 Å². The smallest absolute Gasteiger partial charge is 0.353 e. The van der Waals surface area contributed by atoms with Crippen LogP contribution in [-0.2, 0) is 9.84 Å². The first-order valence-corrected chi connectivity index (χ1v) is 11.3. The van der Waals surface area contributed by atoms with E-state index in [1.807, 2.05) is 0 Å². The lowest BCUT2D eigenvalue weighted by molar-refractivity contribution is 0.0691. The lowest BCUT2D eigenvalue weighted by Crippen LogP contribution is -2.15. The van der Waals surface area contributed by atoms with Crippen LogP contribution in [0.4, 0.5) is 8.78 Å². The number of carbonyl (C=O) groups is 1. The fourth-order valence-corrected chi connectivity index (χ4v) is 4.18. The molecule has 4 rings (SSSR count). The molecular weight excluding hydrogens is 458 g/mol. The van der Waals surface area contributed by atoms with Crippen LogP contribution in [0.5, 0.6) is 11.5 Å². The Balaban J connectivity index is 2.09. The van der Waals surface area contributed by atoms with Gasteiger partial charge in [-0.1, -0.05) is 0 Å². The number of aryl methyl sites for hydroxylation is 1. The van der Waals surface area contributed by atoms with Crippen LogP contribution in [0.15, 0.2) is 52.3 Å². The zero-order chi connectivity index (χ0) is 24.1. The molecule has 4 aromatic rings. The minimum atomic E-state index is -3.73. The third kappa shape index (κ3) is 3.98. The third-order valence-corrected chi connectivity index (χ3v) is 6.15. The summed E-state index contributed by atoms with van der Waals surface area (Å²) in [5, 5.41) is 10.1. The predicted molar refractivity (Wildman–Crippen MR) is 116 cm³/mol. The standard InChI is InChI=1S/C22H16F2N2O6S/c1-10-18-14(9-25-10)19(20(22(28)29)26-21(18)27)13-8-12(33(2,30)31)4-6-16(13)32-17-5-3-11(23)7-15(17)24/h3-9,25H,1-2H3,(H,26,27)(H,28,29). The van der Waals surface area contributed by atoms with Crippen molar-refractivity contribution in [2.45, 2.75) is 11.8 Å². The van der Waals surface area contributed by atoms with Gasteiger partial charge in [0.05, 0.1) is 10.3 Å². The zero-order valence-electron chi connectivity index (χ0n) is 17.2. The van der Waals surface area contributed by atoms with E-state index in [1.54, 1.807) is 6.92 Å². The Hall–Kier alpha value is -3.99. The number of carboxylic acids is 1. The molecule has 0 saturated carbocycles. The number of hydrogen-bond acceptors (Lipinski definition) is 5. The van der Waals surface area contributed by atoms with E-state index in [0.717, 1.165) is 18.4 Å². The minimum absolute atomic E-state index is 0.0284. The Labute approximate surface area is 185 Å². The number of rotatable bonds is 5. The molecule has 170 valence electrons. The maximum absolute atomic E-state index is 14.2. The van der Waals surface area contributed by atoms with Crippen LogP contribution >= 0.6 is 0 Å².